The number of anilines is 1. The van der Waals surface area contributed by atoms with E-state index in [1.165, 1.54) is 6.20 Å². The van der Waals surface area contributed by atoms with Gasteiger partial charge >= 0.3 is 0 Å². The summed E-state index contributed by atoms with van der Waals surface area (Å²) in [6.07, 6.45) is 3.50. The number of hydrogen-bond donors (Lipinski definition) is 3. The van der Waals surface area contributed by atoms with Gasteiger partial charge in [-0.3, -0.25) is 4.79 Å². The highest BCUT2D eigenvalue weighted by atomic mass is 35.5. The maximum absolute atomic E-state index is 11.7. The summed E-state index contributed by atoms with van der Waals surface area (Å²) in [5.41, 5.74) is 3.21. The molecule has 0 radical (unpaired) electrons. The number of hydrogen-bond acceptors (Lipinski definition) is 3. The van der Waals surface area contributed by atoms with Crippen LogP contribution in [-0.4, -0.2) is 21.7 Å². The molecule has 0 aliphatic rings. The Hall–Kier alpha value is -2.76. The van der Waals surface area contributed by atoms with Gasteiger partial charge in [-0.05, 0) is 23.3 Å². The van der Waals surface area contributed by atoms with Crippen molar-refractivity contribution in [2.24, 2.45) is 0 Å². The molecule has 7 heteroatoms. The lowest BCUT2D eigenvalue weighted by molar-refractivity contribution is 0.856. The molecule has 4 rings (SSSR count). The largest absolute Gasteiger partial charge is 0.381 e. The van der Waals surface area contributed by atoms with E-state index in [0.29, 0.717) is 17.3 Å². The molecule has 0 fully saturated rings. The quantitative estimate of drug-likeness (QED) is 0.451. The molecule has 5 nitrogen and oxygen atoms in total. The lowest BCUT2D eigenvalue weighted by atomic mass is 9.90. The maximum Gasteiger partial charge on any atom is 0.285 e. The van der Waals surface area contributed by atoms with E-state index in [0.717, 1.165) is 22.0 Å². The number of aromatic nitrogens is 3. The fourth-order valence-corrected chi connectivity index (χ4v) is 3.67. The first-order chi connectivity index (χ1) is 13.1. The first-order valence-corrected chi connectivity index (χ1v) is 9.18. The van der Waals surface area contributed by atoms with Crippen LogP contribution in [0.2, 0.25) is 10.0 Å². The Bertz CT molecular complexity index is 1150. The number of nitrogens with one attached hydrogen (secondary N) is 3. The summed E-state index contributed by atoms with van der Waals surface area (Å²) in [6, 6.07) is 15.9. The highest BCUT2D eigenvalue weighted by Gasteiger charge is 2.21. The van der Waals surface area contributed by atoms with Crippen LogP contribution in [0.5, 0.6) is 0 Å². The summed E-state index contributed by atoms with van der Waals surface area (Å²) in [5, 5.41) is 11.3. The Morgan fingerprint density at radius 3 is 2.67 bits per heavy atom. The Morgan fingerprint density at radius 2 is 1.81 bits per heavy atom. The van der Waals surface area contributed by atoms with Gasteiger partial charge in [0.1, 0.15) is 5.02 Å². The monoisotopic (exact) mass is 398 g/mol. The molecule has 0 aliphatic carbocycles. The van der Waals surface area contributed by atoms with E-state index >= 15 is 0 Å². The summed E-state index contributed by atoms with van der Waals surface area (Å²) in [7, 11) is 0. The molecule has 3 N–H and O–H groups in total. The smallest absolute Gasteiger partial charge is 0.285 e. The van der Waals surface area contributed by atoms with Gasteiger partial charge in [-0.15, -0.1) is 0 Å². The van der Waals surface area contributed by atoms with Gasteiger partial charge in [-0.25, -0.2) is 5.10 Å². The molecule has 0 amide bonds. The van der Waals surface area contributed by atoms with Gasteiger partial charge < -0.3 is 10.3 Å². The van der Waals surface area contributed by atoms with Crippen LogP contribution in [0.4, 0.5) is 5.69 Å². The number of benzene rings is 2. The number of halogens is 2. The molecule has 0 spiro atoms. The van der Waals surface area contributed by atoms with Gasteiger partial charge in [0, 0.05) is 34.6 Å². The molecule has 0 aliphatic heterocycles. The van der Waals surface area contributed by atoms with Crippen LogP contribution in [0.3, 0.4) is 0 Å². The Balaban J connectivity index is 1.76. The topological polar surface area (TPSA) is 73.6 Å². The molecule has 0 saturated carbocycles. The van der Waals surface area contributed by atoms with E-state index in [4.69, 9.17) is 23.2 Å². The number of fused-ring (bicyclic) bond motifs is 1. The predicted molar refractivity (Wildman–Crippen MR) is 110 cm³/mol. The molecule has 2 aromatic carbocycles. The van der Waals surface area contributed by atoms with Crippen LogP contribution in [0.25, 0.3) is 10.9 Å². The summed E-state index contributed by atoms with van der Waals surface area (Å²) >= 11 is 12.6. The molecule has 0 saturated heterocycles. The third-order valence-electron chi connectivity index (χ3n) is 4.57. The van der Waals surface area contributed by atoms with Gasteiger partial charge in [0.2, 0.25) is 0 Å². The number of aromatic amines is 2. The fourth-order valence-electron chi connectivity index (χ4n) is 3.25. The number of H-pyrrole nitrogens is 2. The zero-order valence-electron chi connectivity index (χ0n) is 14.2. The molecule has 1 atom stereocenters. The predicted octanol–water partition coefficient (Wildman–Crippen LogP) is 4.80. The van der Waals surface area contributed by atoms with Crippen LogP contribution in [0, 0.1) is 0 Å². The number of para-hydroxylation sites is 1. The summed E-state index contributed by atoms with van der Waals surface area (Å²) < 4.78 is 0. The molecule has 136 valence electrons. The first-order valence-electron chi connectivity index (χ1n) is 8.42. The Kier molecular flexibility index (Phi) is 4.88. The molecule has 27 heavy (non-hydrogen) atoms. The zero-order valence-corrected chi connectivity index (χ0v) is 15.7. The van der Waals surface area contributed by atoms with Crippen molar-refractivity contribution in [1.82, 2.24) is 15.2 Å². The average Bonchev–Trinajstić information content (AvgIpc) is 3.10. The van der Waals surface area contributed by atoms with Crippen molar-refractivity contribution in [3.05, 3.63) is 92.5 Å². The van der Waals surface area contributed by atoms with Crippen molar-refractivity contribution in [3.8, 4) is 0 Å². The highest BCUT2D eigenvalue weighted by Crippen LogP contribution is 2.34. The second-order valence-corrected chi connectivity index (χ2v) is 6.96. The third-order valence-corrected chi connectivity index (χ3v) is 5.29. The molecular weight excluding hydrogens is 383 g/mol. The van der Waals surface area contributed by atoms with Gasteiger partial charge in [0.15, 0.2) is 0 Å². The zero-order chi connectivity index (χ0) is 18.8. The van der Waals surface area contributed by atoms with Crippen molar-refractivity contribution in [1.29, 1.82) is 0 Å². The highest BCUT2D eigenvalue weighted by molar-refractivity contribution is 6.33. The molecule has 2 aromatic heterocycles. The maximum atomic E-state index is 11.7. The minimum absolute atomic E-state index is 0.0507. The van der Waals surface area contributed by atoms with E-state index in [1.54, 1.807) is 0 Å². The van der Waals surface area contributed by atoms with Crippen molar-refractivity contribution in [2.75, 3.05) is 11.9 Å². The number of rotatable bonds is 5. The van der Waals surface area contributed by atoms with E-state index in [1.807, 2.05) is 48.7 Å². The summed E-state index contributed by atoms with van der Waals surface area (Å²) in [5.74, 6) is -0.0507. The SMILES string of the molecule is O=c1[nH]ncc(NCC(c2ccccc2Cl)c2c[nH]c3ccccc23)c1Cl. The van der Waals surface area contributed by atoms with Crippen LogP contribution in [0.1, 0.15) is 17.0 Å². The van der Waals surface area contributed by atoms with Gasteiger partial charge in [-0.2, -0.15) is 5.10 Å². The lowest BCUT2D eigenvalue weighted by Gasteiger charge is -2.20. The second kappa shape index (κ2) is 7.47. The standard InChI is InChI=1S/C20H16Cl2N4O/c21-16-7-3-1-5-12(16)14(9-24-18-11-25-26-20(27)19(18)22)15-10-23-17-8-4-2-6-13(15)17/h1-8,10-11,14,23H,9H2,(H2,24,26,27). The minimum atomic E-state index is -0.428. The Labute approximate surface area is 165 Å². The second-order valence-electron chi connectivity index (χ2n) is 6.17. The molecule has 1 unspecified atom stereocenters. The van der Waals surface area contributed by atoms with Gasteiger partial charge in [0.05, 0.1) is 11.9 Å². The third kappa shape index (κ3) is 3.44. The minimum Gasteiger partial charge on any atom is -0.381 e. The van der Waals surface area contributed by atoms with E-state index in [2.05, 4.69) is 26.6 Å². The van der Waals surface area contributed by atoms with Crippen molar-refractivity contribution in [2.45, 2.75) is 5.92 Å². The molecule has 4 aromatic rings. The number of nitrogens with zero attached hydrogens (tertiary/aromatic N) is 1. The van der Waals surface area contributed by atoms with Gasteiger partial charge in [-0.1, -0.05) is 59.6 Å². The van der Waals surface area contributed by atoms with Crippen LogP contribution in [0.15, 0.2) is 65.7 Å². The first kappa shape index (κ1) is 17.6. The Morgan fingerprint density at radius 1 is 1.04 bits per heavy atom. The lowest BCUT2D eigenvalue weighted by Crippen LogP contribution is -2.17. The van der Waals surface area contributed by atoms with Crippen molar-refractivity contribution < 1.29 is 0 Å². The van der Waals surface area contributed by atoms with Crippen LogP contribution >= 0.6 is 23.2 Å². The normalized spacial score (nSPS) is 12.2. The van der Waals surface area contributed by atoms with E-state index < -0.39 is 5.56 Å². The van der Waals surface area contributed by atoms with Gasteiger partial charge in [0.25, 0.3) is 5.56 Å². The van der Waals surface area contributed by atoms with E-state index in [9.17, 15) is 4.79 Å². The van der Waals surface area contributed by atoms with Crippen molar-refractivity contribution in [3.63, 3.8) is 0 Å². The summed E-state index contributed by atoms with van der Waals surface area (Å²) in [4.78, 5) is 15.0. The average molecular weight is 399 g/mol. The fraction of sp³-hybridized carbons (Fsp3) is 0.100. The van der Waals surface area contributed by atoms with E-state index in [-0.39, 0.29) is 10.9 Å². The molecule has 2 heterocycles. The molecular formula is C20H16Cl2N4O. The summed E-state index contributed by atoms with van der Waals surface area (Å²) in [6.45, 7) is 0.496. The van der Waals surface area contributed by atoms with Crippen molar-refractivity contribution >= 4 is 39.8 Å². The van der Waals surface area contributed by atoms with Crippen LogP contribution in [-0.2, 0) is 0 Å². The molecule has 0 bridgehead atoms. The van der Waals surface area contributed by atoms with Crippen LogP contribution < -0.4 is 10.9 Å².